The molecular weight excluding hydrogens is 186 g/mol. The molecule has 0 radical (unpaired) electrons. The fourth-order valence-electron chi connectivity index (χ4n) is 2.40. The molecule has 0 aliphatic carbocycles. The number of nitrogens with one attached hydrogen (secondary N) is 1. The molecule has 2 nitrogen and oxygen atoms in total. The Labute approximate surface area is 91.3 Å². The summed E-state index contributed by atoms with van der Waals surface area (Å²) in [5.41, 5.74) is 1.40. The lowest BCUT2D eigenvalue weighted by Crippen LogP contribution is -2.44. The first kappa shape index (κ1) is 10.7. The normalized spacial score (nSPS) is 26.5. The van der Waals surface area contributed by atoms with E-state index < -0.39 is 0 Å². The van der Waals surface area contributed by atoms with Gasteiger partial charge in [-0.3, -0.25) is 0 Å². The van der Waals surface area contributed by atoms with Gasteiger partial charge in [-0.05, 0) is 31.4 Å². The first-order chi connectivity index (χ1) is 7.35. The number of rotatable bonds is 3. The van der Waals surface area contributed by atoms with Crippen molar-refractivity contribution in [1.82, 2.24) is 5.32 Å². The van der Waals surface area contributed by atoms with Crippen LogP contribution in [0.2, 0.25) is 0 Å². The Morgan fingerprint density at radius 2 is 2.07 bits per heavy atom. The quantitative estimate of drug-likeness (QED) is 0.785. The Hall–Kier alpha value is -0.860. The van der Waals surface area contributed by atoms with Crippen molar-refractivity contribution in [1.29, 1.82) is 0 Å². The van der Waals surface area contributed by atoms with Gasteiger partial charge in [-0.2, -0.15) is 0 Å². The summed E-state index contributed by atoms with van der Waals surface area (Å²) >= 11 is 0. The van der Waals surface area contributed by atoms with Crippen LogP contribution in [-0.2, 0) is 6.42 Å². The summed E-state index contributed by atoms with van der Waals surface area (Å²) in [5, 5.41) is 12.9. The summed E-state index contributed by atoms with van der Waals surface area (Å²) in [6.45, 7) is 2.32. The van der Waals surface area contributed by atoms with Gasteiger partial charge in [-0.15, -0.1) is 0 Å². The Bertz CT molecular complexity index is 291. The average Bonchev–Trinajstić information content (AvgIpc) is 2.32. The molecule has 0 unspecified atom stereocenters. The van der Waals surface area contributed by atoms with Crippen LogP contribution in [0.1, 0.15) is 18.4 Å². The molecule has 0 spiro atoms. The van der Waals surface area contributed by atoms with Crippen molar-refractivity contribution in [3.8, 4) is 0 Å². The number of hydrogen-bond acceptors (Lipinski definition) is 2. The van der Waals surface area contributed by atoms with Crippen molar-refractivity contribution in [2.24, 2.45) is 5.41 Å². The smallest absolute Gasteiger partial charge is 0.0502 e. The highest BCUT2D eigenvalue weighted by Gasteiger charge is 2.31. The highest BCUT2D eigenvalue weighted by Crippen LogP contribution is 2.29. The van der Waals surface area contributed by atoms with E-state index in [1.807, 2.05) is 6.07 Å². The zero-order chi connectivity index (χ0) is 10.6. The standard InChI is InChI=1S/C13H19NO/c15-11-13(7-4-8-14-10-13)9-12-5-2-1-3-6-12/h1-3,5-6,14-15H,4,7-11H2/t13-/m1/s1. The van der Waals surface area contributed by atoms with E-state index in [2.05, 4.69) is 29.6 Å². The van der Waals surface area contributed by atoms with Gasteiger partial charge in [-0.1, -0.05) is 30.3 Å². The van der Waals surface area contributed by atoms with E-state index in [4.69, 9.17) is 0 Å². The Kier molecular flexibility index (Phi) is 3.39. The summed E-state index contributed by atoms with van der Waals surface area (Å²) < 4.78 is 0. The summed E-state index contributed by atoms with van der Waals surface area (Å²) in [4.78, 5) is 0. The molecule has 0 aromatic heterocycles. The fourth-order valence-corrected chi connectivity index (χ4v) is 2.40. The van der Waals surface area contributed by atoms with Gasteiger partial charge in [0.15, 0.2) is 0 Å². The van der Waals surface area contributed by atoms with Crippen LogP contribution in [0.5, 0.6) is 0 Å². The monoisotopic (exact) mass is 205 g/mol. The molecule has 2 rings (SSSR count). The van der Waals surface area contributed by atoms with Crippen molar-refractivity contribution in [3.63, 3.8) is 0 Å². The molecule has 1 atom stereocenters. The molecule has 82 valence electrons. The van der Waals surface area contributed by atoms with Gasteiger partial charge in [-0.25, -0.2) is 0 Å². The molecule has 0 bridgehead atoms. The van der Waals surface area contributed by atoms with Crippen LogP contribution in [0, 0.1) is 5.41 Å². The second kappa shape index (κ2) is 4.77. The third-order valence-corrected chi connectivity index (χ3v) is 3.32. The second-order valence-corrected chi connectivity index (χ2v) is 4.60. The molecule has 1 saturated heterocycles. The SMILES string of the molecule is OC[C@@]1(Cc2ccccc2)CCCNC1. The highest BCUT2D eigenvalue weighted by molar-refractivity contribution is 5.17. The van der Waals surface area contributed by atoms with Gasteiger partial charge in [0.1, 0.15) is 0 Å². The minimum Gasteiger partial charge on any atom is -0.396 e. The van der Waals surface area contributed by atoms with Crippen molar-refractivity contribution >= 4 is 0 Å². The highest BCUT2D eigenvalue weighted by atomic mass is 16.3. The summed E-state index contributed by atoms with van der Waals surface area (Å²) in [5.74, 6) is 0. The van der Waals surface area contributed by atoms with Crippen LogP contribution in [0.4, 0.5) is 0 Å². The van der Waals surface area contributed by atoms with Crippen LogP contribution < -0.4 is 5.32 Å². The van der Waals surface area contributed by atoms with E-state index >= 15 is 0 Å². The van der Waals surface area contributed by atoms with Gasteiger partial charge in [0.05, 0.1) is 6.61 Å². The maximum Gasteiger partial charge on any atom is 0.0502 e. The van der Waals surface area contributed by atoms with E-state index in [0.29, 0.717) is 0 Å². The Balaban J connectivity index is 2.07. The number of benzene rings is 1. The molecule has 1 aromatic carbocycles. The first-order valence-corrected chi connectivity index (χ1v) is 5.70. The van der Waals surface area contributed by atoms with Crippen LogP contribution in [0.3, 0.4) is 0 Å². The zero-order valence-electron chi connectivity index (χ0n) is 9.08. The van der Waals surface area contributed by atoms with Crippen LogP contribution in [0.25, 0.3) is 0 Å². The molecule has 2 heteroatoms. The van der Waals surface area contributed by atoms with Gasteiger partial charge in [0, 0.05) is 12.0 Å². The van der Waals surface area contributed by atoms with Crippen molar-refractivity contribution in [2.75, 3.05) is 19.7 Å². The summed E-state index contributed by atoms with van der Waals surface area (Å²) in [6, 6.07) is 10.5. The van der Waals surface area contributed by atoms with Gasteiger partial charge >= 0.3 is 0 Å². The third kappa shape index (κ3) is 2.58. The molecule has 0 saturated carbocycles. The lowest BCUT2D eigenvalue weighted by atomic mass is 9.76. The molecule has 1 aromatic rings. The number of aliphatic hydroxyl groups excluding tert-OH is 1. The third-order valence-electron chi connectivity index (χ3n) is 3.32. The average molecular weight is 205 g/mol. The van der Waals surface area contributed by atoms with Gasteiger partial charge in [0.2, 0.25) is 0 Å². The fraction of sp³-hybridized carbons (Fsp3) is 0.538. The molecule has 1 aliphatic rings. The number of hydrogen-bond donors (Lipinski definition) is 2. The van der Waals surface area contributed by atoms with E-state index in [0.717, 1.165) is 25.9 Å². The van der Waals surface area contributed by atoms with E-state index in [1.165, 1.54) is 12.0 Å². The Morgan fingerprint density at radius 1 is 1.27 bits per heavy atom. The molecule has 1 fully saturated rings. The first-order valence-electron chi connectivity index (χ1n) is 5.70. The maximum absolute atomic E-state index is 9.56. The largest absolute Gasteiger partial charge is 0.396 e. The summed E-state index contributed by atoms with van der Waals surface area (Å²) in [6.07, 6.45) is 3.29. The van der Waals surface area contributed by atoms with Gasteiger partial charge in [0.25, 0.3) is 0 Å². The predicted octanol–water partition coefficient (Wildman–Crippen LogP) is 1.59. The molecule has 1 aliphatic heterocycles. The maximum atomic E-state index is 9.56. The molecular formula is C13H19NO. The van der Waals surface area contributed by atoms with Crippen molar-refractivity contribution < 1.29 is 5.11 Å². The molecule has 0 amide bonds. The lowest BCUT2D eigenvalue weighted by molar-refractivity contribution is 0.0948. The van der Waals surface area contributed by atoms with E-state index in [-0.39, 0.29) is 12.0 Å². The molecule has 1 heterocycles. The zero-order valence-corrected chi connectivity index (χ0v) is 9.08. The topological polar surface area (TPSA) is 32.3 Å². The number of piperidine rings is 1. The van der Waals surface area contributed by atoms with E-state index in [1.54, 1.807) is 0 Å². The number of aliphatic hydroxyl groups is 1. The second-order valence-electron chi connectivity index (χ2n) is 4.60. The lowest BCUT2D eigenvalue weighted by Gasteiger charge is -2.36. The van der Waals surface area contributed by atoms with Crippen LogP contribution in [-0.4, -0.2) is 24.8 Å². The van der Waals surface area contributed by atoms with Crippen LogP contribution >= 0.6 is 0 Å². The molecule has 15 heavy (non-hydrogen) atoms. The minimum atomic E-state index is 0.0691. The molecule has 2 N–H and O–H groups in total. The summed E-state index contributed by atoms with van der Waals surface area (Å²) in [7, 11) is 0. The van der Waals surface area contributed by atoms with E-state index in [9.17, 15) is 5.11 Å². The Morgan fingerprint density at radius 3 is 2.67 bits per heavy atom. The van der Waals surface area contributed by atoms with Crippen molar-refractivity contribution in [3.05, 3.63) is 35.9 Å². The van der Waals surface area contributed by atoms with Crippen molar-refractivity contribution in [2.45, 2.75) is 19.3 Å². The van der Waals surface area contributed by atoms with Gasteiger partial charge < -0.3 is 10.4 Å². The van der Waals surface area contributed by atoms with Crippen LogP contribution in [0.15, 0.2) is 30.3 Å². The minimum absolute atomic E-state index is 0.0691. The predicted molar refractivity (Wildman–Crippen MR) is 61.8 cm³/mol.